The van der Waals surface area contributed by atoms with Gasteiger partial charge in [-0.05, 0) is 29.8 Å². The maximum Gasteiger partial charge on any atom is 0.351 e. The van der Waals surface area contributed by atoms with Gasteiger partial charge < -0.3 is 0 Å². The average Bonchev–Trinajstić information content (AvgIpc) is 3.12. The Labute approximate surface area is 145 Å². The summed E-state index contributed by atoms with van der Waals surface area (Å²) in [6.07, 6.45) is 1.61. The Kier molecular flexibility index (Phi) is 4.50. The van der Waals surface area contributed by atoms with E-state index >= 15 is 0 Å². The first-order valence-electron chi connectivity index (χ1n) is 7.43. The number of carbonyl (C=O) groups excluding carboxylic acids is 1. The molecular weight excluding hydrogens is 340 g/mol. The minimum Gasteiger partial charge on any atom is -0.246 e. The van der Waals surface area contributed by atoms with E-state index < -0.39 is 16.1 Å². The SMILES string of the molecule is N#Cc1ccc(S(=O)(=O)NC(=O)N2CC(c3ccccc3)C=N2)cc1. The summed E-state index contributed by atoms with van der Waals surface area (Å²) in [7, 11) is -4.03. The largest absolute Gasteiger partial charge is 0.351 e. The number of hydrogen-bond donors (Lipinski definition) is 1. The van der Waals surface area contributed by atoms with E-state index in [0.717, 1.165) is 10.6 Å². The van der Waals surface area contributed by atoms with Gasteiger partial charge >= 0.3 is 6.03 Å². The number of hydrogen-bond acceptors (Lipinski definition) is 5. The highest BCUT2D eigenvalue weighted by atomic mass is 32.2. The van der Waals surface area contributed by atoms with Gasteiger partial charge in [-0.25, -0.2) is 22.9 Å². The first-order chi connectivity index (χ1) is 12.0. The Morgan fingerprint density at radius 3 is 2.48 bits per heavy atom. The third kappa shape index (κ3) is 3.67. The molecule has 2 aromatic rings. The first kappa shape index (κ1) is 16.7. The van der Waals surface area contributed by atoms with Crippen LogP contribution in [-0.2, 0) is 10.0 Å². The molecule has 3 rings (SSSR count). The summed E-state index contributed by atoms with van der Waals surface area (Å²) >= 11 is 0. The summed E-state index contributed by atoms with van der Waals surface area (Å²) in [5, 5.41) is 13.8. The zero-order valence-electron chi connectivity index (χ0n) is 13.0. The highest BCUT2D eigenvalue weighted by Crippen LogP contribution is 2.20. The van der Waals surface area contributed by atoms with Crippen LogP contribution < -0.4 is 4.72 Å². The molecule has 0 spiro atoms. The number of nitrogens with zero attached hydrogens (tertiary/aromatic N) is 3. The summed E-state index contributed by atoms with van der Waals surface area (Å²) in [6, 6.07) is 15.9. The molecule has 1 atom stereocenters. The van der Waals surface area contributed by atoms with Gasteiger partial charge in [0, 0.05) is 12.1 Å². The molecule has 0 aromatic heterocycles. The van der Waals surface area contributed by atoms with Gasteiger partial charge in [0.1, 0.15) is 0 Å². The zero-order chi connectivity index (χ0) is 17.9. The molecular formula is C17H14N4O3S. The second-order valence-corrected chi connectivity index (χ2v) is 7.09. The molecule has 0 radical (unpaired) electrons. The first-order valence-corrected chi connectivity index (χ1v) is 8.91. The molecule has 7 nitrogen and oxygen atoms in total. The van der Waals surface area contributed by atoms with Crippen molar-refractivity contribution < 1.29 is 13.2 Å². The molecule has 1 heterocycles. The Morgan fingerprint density at radius 2 is 1.84 bits per heavy atom. The van der Waals surface area contributed by atoms with Gasteiger partial charge in [0.25, 0.3) is 10.0 Å². The monoisotopic (exact) mass is 354 g/mol. The third-order valence-corrected chi connectivity index (χ3v) is 5.07. The van der Waals surface area contributed by atoms with Crippen molar-refractivity contribution in [2.45, 2.75) is 10.8 Å². The number of benzene rings is 2. The Hall–Kier alpha value is -3.18. The van der Waals surface area contributed by atoms with Gasteiger partial charge in [-0.3, -0.25) is 0 Å². The lowest BCUT2D eigenvalue weighted by molar-refractivity contribution is 0.210. The van der Waals surface area contributed by atoms with Crippen LogP contribution in [0.25, 0.3) is 0 Å². The van der Waals surface area contributed by atoms with Crippen LogP contribution in [0.4, 0.5) is 4.79 Å². The van der Waals surface area contributed by atoms with Crippen molar-refractivity contribution in [3.8, 4) is 6.07 Å². The molecule has 0 aliphatic carbocycles. The number of sulfonamides is 1. The van der Waals surface area contributed by atoms with Crippen LogP contribution in [0, 0.1) is 11.3 Å². The van der Waals surface area contributed by atoms with E-state index in [9.17, 15) is 13.2 Å². The van der Waals surface area contributed by atoms with Crippen LogP contribution in [0.3, 0.4) is 0 Å². The Bertz CT molecular complexity index is 948. The van der Waals surface area contributed by atoms with Gasteiger partial charge in [0.2, 0.25) is 0 Å². The summed E-state index contributed by atoms with van der Waals surface area (Å²) in [6.45, 7) is 0.263. The fraction of sp³-hybridized carbons (Fsp3) is 0.118. The fourth-order valence-corrected chi connectivity index (χ4v) is 3.35. The number of amides is 2. The minimum atomic E-state index is -4.03. The Morgan fingerprint density at radius 1 is 1.16 bits per heavy atom. The second-order valence-electron chi connectivity index (χ2n) is 5.41. The standard InChI is InChI=1S/C17H14N4O3S/c18-10-13-6-8-16(9-7-13)25(23,24)20-17(22)21-12-15(11-19-21)14-4-2-1-3-5-14/h1-9,11,15H,12H2,(H,20,22). The minimum absolute atomic E-state index is 0.0791. The van der Waals surface area contributed by atoms with E-state index in [2.05, 4.69) is 5.10 Å². The predicted octanol–water partition coefficient (Wildman–Crippen LogP) is 2.04. The molecule has 25 heavy (non-hydrogen) atoms. The van der Waals surface area contributed by atoms with E-state index in [0.29, 0.717) is 5.56 Å². The third-order valence-electron chi connectivity index (χ3n) is 3.73. The molecule has 2 aromatic carbocycles. The molecule has 126 valence electrons. The molecule has 0 fully saturated rings. The average molecular weight is 354 g/mol. The van der Waals surface area contributed by atoms with Crippen molar-refractivity contribution in [1.29, 1.82) is 5.26 Å². The maximum absolute atomic E-state index is 12.3. The topological polar surface area (TPSA) is 103 Å². The van der Waals surface area contributed by atoms with Crippen LogP contribution in [0.5, 0.6) is 0 Å². The zero-order valence-corrected chi connectivity index (χ0v) is 13.8. The molecule has 1 aliphatic heterocycles. The highest BCUT2D eigenvalue weighted by molar-refractivity contribution is 7.90. The van der Waals surface area contributed by atoms with Crippen LogP contribution in [0.15, 0.2) is 64.6 Å². The van der Waals surface area contributed by atoms with Gasteiger partial charge in [-0.2, -0.15) is 10.4 Å². The summed E-state index contributed by atoms with van der Waals surface area (Å²) in [5.74, 6) is -0.0791. The fourth-order valence-electron chi connectivity index (χ4n) is 2.40. The summed E-state index contributed by atoms with van der Waals surface area (Å²) in [5.41, 5.74) is 1.33. The molecule has 1 unspecified atom stereocenters. The van der Waals surface area contributed by atoms with Crippen LogP contribution in [0.1, 0.15) is 17.0 Å². The van der Waals surface area contributed by atoms with Gasteiger partial charge in [-0.15, -0.1) is 0 Å². The van der Waals surface area contributed by atoms with Gasteiger partial charge in [-0.1, -0.05) is 30.3 Å². The highest BCUT2D eigenvalue weighted by Gasteiger charge is 2.27. The van der Waals surface area contributed by atoms with Crippen molar-refractivity contribution in [1.82, 2.24) is 9.73 Å². The normalized spacial score (nSPS) is 16.4. The molecule has 0 saturated heterocycles. The van der Waals surface area contributed by atoms with E-state index in [-0.39, 0.29) is 17.4 Å². The molecule has 2 amide bonds. The van der Waals surface area contributed by atoms with E-state index in [1.54, 1.807) is 6.21 Å². The van der Waals surface area contributed by atoms with Crippen molar-refractivity contribution in [2.24, 2.45) is 5.10 Å². The number of nitrogens with one attached hydrogen (secondary N) is 1. The van der Waals surface area contributed by atoms with Crippen molar-refractivity contribution in [3.05, 3.63) is 65.7 Å². The van der Waals surface area contributed by atoms with Crippen molar-refractivity contribution >= 4 is 22.3 Å². The summed E-state index contributed by atoms with van der Waals surface area (Å²) < 4.78 is 26.5. The lowest BCUT2D eigenvalue weighted by Crippen LogP contribution is -2.39. The van der Waals surface area contributed by atoms with Crippen LogP contribution in [0.2, 0.25) is 0 Å². The second kappa shape index (κ2) is 6.75. The molecule has 0 saturated carbocycles. The predicted molar refractivity (Wildman–Crippen MR) is 91.3 cm³/mol. The van der Waals surface area contributed by atoms with Crippen molar-refractivity contribution in [2.75, 3.05) is 6.54 Å². The van der Waals surface area contributed by atoms with E-state index in [4.69, 9.17) is 5.26 Å². The van der Waals surface area contributed by atoms with Crippen molar-refractivity contribution in [3.63, 3.8) is 0 Å². The smallest absolute Gasteiger partial charge is 0.246 e. The summed E-state index contributed by atoms with van der Waals surface area (Å²) in [4.78, 5) is 12.1. The van der Waals surface area contributed by atoms with Gasteiger partial charge in [0.05, 0.1) is 23.1 Å². The molecule has 1 N–H and O–H groups in total. The number of hydrazone groups is 1. The lowest BCUT2D eigenvalue weighted by Gasteiger charge is -2.15. The van der Waals surface area contributed by atoms with Crippen LogP contribution >= 0.6 is 0 Å². The number of carbonyl (C=O) groups is 1. The lowest BCUT2D eigenvalue weighted by atomic mass is 10.0. The quantitative estimate of drug-likeness (QED) is 0.911. The van der Waals surface area contributed by atoms with E-state index in [1.165, 1.54) is 24.3 Å². The van der Waals surface area contributed by atoms with Gasteiger partial charge in [0.15, 0.2) is 0 Å². The maximum atomic E-state index is 12.3. The number of rotatable bonds is 3. The molecule has 1 aliphatic rings. The molecule has 8 heteroatoms. The van der Waals surface area contributed by atoms with E-state index in [1.807, 2.05) is 41.1 Å². The van der Waals surface area contributed by atoms with Crippen LogP contribution in [-0.4, -0.2) is 32.2 Å². The molecule has 0 bridgehead atoms. The number of nitriles is 1. The Balaban J connectivity index is 1.68. The number of urea groups is 1.